The summed E-state index contributed by atoms with van der Waals surface area (Å²) in [7, 11) is 0. The lowest BCUT2D eigenvalue weighted by molar-refractivity contribution is -0.136. The fourth-order valence-electron chi connectivity index (χ4n) is 2.79. The zero-order chi connectivity index (χ0) is 16.0. The van der Waals surface area contributed by atoms with Gasteiger partial charge < -0.3 is 10.2 Å². The summed E-state index contributed by atoms with van der Waals surface area (Å²) in [6.07, 6.45) is 1.05. The average molecular weight is 293 g/mol. The smallest absolute Gasteiger partial charge is 0.303 e. The van der Waals surface area contributed by atoms with E-state index in [0.29, 0.717) is 6.04 Å². The second kappa shape index (κ2) is 7.57. The van der Waals surface area contributed by atoms with Crippen molar-refractivity contribution in [3.8, 4) is 0 Å². The van der Waals surface area contributed by atoms with Gasteiger partial charge in [-0.2, -0.15) is 0 Å². The molecule has 1 aliphatic heterocycles. The minimum Gasteiger partial charge on any atom is -0.481 e. The molecule has 0 bridgehead atoms. The lowest BCUT2D eigenvalue weighted by Gasteiger charge is -2.33. The van der Waals surface area contributed by atoms with Crippen LogP contribution in [0.15, 0.2) is 30.3 Å². The molecule has 0 saturated carbocycles. The van der Waals surface area contributed by atoms with E-state index in [-0.39, 0.29) is 12.5 Å². The highest BCUT2D eigenvalue weighted by Crippen LogP contribution is 2.38. The highest BCUT2D eigenvalue weighted by Gasteiger charge is 2.45. The number of carboxylic acids is 1. The highest BCUT2D eigenvalue weighted by atomic mass is 16.4. The Morgan fingerprint density at radius 1 is 1.38 bits per heavy atom. The number of hydrogen-bond acceptors (Lipinski definition) is 3. The minimum atomic E-state index is -0.745. The van der Waals surface area contributed by atoms with Crippen LogP contribution in [0.1, 0.15) is 46.1 Å². The number of hydrogen-bond donors (Lipinski definition) is 2. The van der Waals surface area contributed by atoms with E-state index in [4.69, 9.17) is 5.11 Å². The lowest BCUT2D eigenvalue weighted by Crippen LogP contribution is -2.43. The predicted octanol–water partition coefficient (Wildman–Crippen LogP) is 2.86. The molecule has 1 aromatic rings. The van der Waals surface area contributed by atoms with Crippen molar-refractivity contribution >= 4 is 5.97 Å². The van der Waals surface area contributed by atoms with Gasteiger partial charge in [0.15, 0.2) is 0 Å². The lowest BCUT2D eigenvalue weighted by atomic mass is 9.87. The fourth-order valence-corrected chi connectivity index (χ4v) is 2.79. The van der Waals surface area contributed by atoms with Gasteiger partial charge >= 0.3 is 5.97 Å². The van der Waals surface area contributed by atoms with Crippen molar-refractivity contribution in [2.75, 3.05) is 6.54 Å². The van der Waals surface area contributed by atoms with Crippen LogP contribution in [0.25, 0.3) is 0 Å². The van der Waals surface area contributed by atoms with E-state index in [2.05, 4.69) is 25.7 Å². The van der Waals surface area contributed by atoms with Gasteiger partial charge in [-0.3, -0.25) is 9.69 Å². The molecule has 0 amide bonds. The van der Waals surface area contributed by atoms with Gasteiger partial charge in [-0.05, 0) is 32.8 Å². The van der Waals surface area contributed by atoms with Crippen molar-refractivity contribution in [2.24, 2.45) is 0 Å². The fraction of sp³-hybridized carbons (Fsp3) is 0.588. The summed E-state index contributed by atoms with van der Waals surface area (Å²) in [6.45, 7) is 9.08. The Balaban J connectivity index is 0.000000383. The summed E-state index contributed by atoms with van der Waals surface area (Å²) in [5, 5.41) is 18.5. The van der Waals surface area contributed by atoms with Gasteiger partial charge in [0.05, 0.1) is 0 Å². The maximum Gasteiger partial charge on any atom is 0.303 e. The molecule has 118 valence electrons. The number of likely N-dealkylation sites (tertiary alicyclic amines) is 1. The molecule has 1 aliphatic rings. The van der Waals surface area contributed by atoms with Crippen LogP contribution < -0.4 is 0 Å². The van der Waals surface area contributed by atoms with Crippen LogP contribution in [-0.4, -0.2) is 39.7 Å². The molecule has 4 heteroatoms. The van der Waals surface area contributed by atoms with E-state index in [1.54, 1.807) is 6.92 Å². The van der Waals surface area contributed by atoms with Crippen LogP contribution in [0.2, 0.25) is 0 Å². The largest absolute Gasteiger partial charge is 0.481 e. The number of carboxylic acid groups (broad SMARTS) is 1. The normalized spacial score (nSPS) is 25.5. The third-order valence-corrected chi connectivity index (χ3v) is 4.18. The standard InChI is InChI=1S/C14H21NO.C3H6O2/c1-11(2)15-10-9-14(16,12(15)3)13-7-5-4-6-8-13;1-2-3(4)5/h4-8,11-12,16H,9-10H2,1-3H3;2H2,1H3,(H,4,5). The first-order valence-electron chi connectivity index (χ1n) is 7.58. The molecule has 1 fully saturated rings. The Labute approximate surface area is 127 Å². The number of nitrogens with zero attached hydrogens (tertiary/aromatic N) is 1. The third kappa shape index (κ3) is 4.29. The van der Waals surface area contributed by atoms with Crippen molar-refractivity contribution in [3.05, 3.63) is 35.9 Å². The molecule has 1 saturated heterocycles. The van der Waals surface area contributed by atoms with E-state index in [0.717, 1.165) is 18.5 Å². The van der Waals surface area contributed by atoms with E-state index in [1.165, 1.54) is 0 Å². The van der Waals surface area contributed by atoms with Crippen LogP contribution in [0.4, 0.5) is 0 Å². The molecule has 1 heterocycles. The van der Waals surface area contributed by atoms with Crippen molar-refractivity contribution < 1.29 is 15.0 Å². The number of aliphatic hydroxyl groups is 1. The quantitative estimate of drug-likeness (QED) is 0.899. The summed E-state index contributed by atoms with van der Waals surface area (Å²) < 4.78 is 0. The Morgan fingerprint density at radius 3 is 2.29 bits per heavy atom. The number of benzene rings is 1. The SMILES string of the molecule is CC(C)N1CCC(O)(c2ccccc2)C1C.CCC(=O)O. The zero-order valence-electron chi connectivity index (χ0n) is 13.4. The monoisotopic (exact) mass is 293 g/mol. The van der Waals surface area contributed by atoms with E-state index in [1.807, 2.05) is 30.3 Å². The molecule has 0 spiro atoms. The number of carbonyl (C=O) groups is 1. The average Bonchev–Trinajstić information content (AvgIpc) is 2.78. The molecule has 2 rings (SSSR count). The summed E-state index contributed by atoms with van der Waals surface area (Å²) in [6, 6.07) is 10.7. The predicted molar refractivity (Wildman–Crippen MR) is 84.2 cm³/mol. The summed E-state index contributed by atoms with van der Waals surface area (Å²) in [4.78, 5) is 11.7. The van der Waals surface area contributed by atoms with E-state index < -0.39 is 11.6 Å². The van der Waals surface area contributed by atoms with Gasteiger partial charge in [0.2, 0.25) is 0 Å². The summed E-state index contributed by atoms with van der Waals surface area (Å²) >= 11 is 0. The van der Waals surface area contributed by atoms with Gasteiger partial charge in [0.25, 0.3) is 0 Å². The van der Waals surface area contributed by atoms with Crippen molar-refractivity contribution in [1.29, 1.82) is 0 Å². The topological polar surface area (TPSA) is 60.8 Å². The Bertz CT molecular complexity index is 447. The maximum absolute atomic E-state index is 10.8. The molecule has 0 radical (unpaired) electrons. The van der Waals surface area contributed by atoms with E-state index >= 15 is 0 Å². The Morgan fingerprint density at radius 2 is 1.90 bits per heavy atom. The van der Waals surface area contributed by atoms with Crippen molar-refractivity contribution in [2.45, 2.75) is 58.2 Å². The van der Waals surface area contributed by atoms with Crippen LogP contribution in [0.3, 0.4) is 0 Å². The molecular formula is C17H27NO3. The highest BCUT2D eigenvalue weighted by molar-refractivity contribution is 5.66. The first-order chi connectivity index (χ1) is 9.82. The first-order valence-corrected chi connectivity index (χ1v) is 7.58. The van der Waals surface area contributed by atoms with Gasteiger partial charge in [0.1, 0.15) is 5.60 Å². The molecule has 2 unspecified atom stereocenters. The van der Waals surface area contributed by atoms with Crippen LogP contribution in [0.5, 0.6) is 0 Å². The second-order valence-electron chi connectivity index (χ2n) is 5.80. The van der Waals surface area contributed by atoms with Crippen LogP contribution in [0, 0.1) is 0 Å². The van der Waals surface area contributed by atoms with E-state index in [9.17, 15) is 9.90 Å². The molecule has 1 aromatic carbocycles. The van der Waals surface area contributed by atoms with Gasteiger partial charge in [-0.1, -0.05) is 37.3 Å². The van der Waals surface area contributed by atoms with Gasteiger partial charge in [0, 0.05) is 25.0 Å². The summed E-state index contributed by atoms with van der Waals surface area (Å²) in [5.41, 5.74) is 0.372. The molecule has 4 nitrogen and oxygen atoms in total. The molecule has 0 aromatic heterocycles. The molecular weight excluding hydrogens is 266 g/mol. The van der Waals surface area contributed by atoms with Gasteiger partial charge in [-0.15, -0.1) is 0 Å². The molecule has 0 aliphatic carbocycles. The van der Waals surface area contributed by atoms with Crippen LogP contribution >= 0.6 is 0 Å². The third-order valence-electron chi connectivity index (χ3n) is 4.18. The van der Waals surface area contributed by atoms with Gasteiger partial charge in [-0.25, -0.2) is 0 Å². The molecule has 21 heavy (non-hydrogen) atoms. The molecule has 2 N–H and O–H groups in total. The molecule has 2 atom stereocenters. The van der Waals surface area contributed by atoms with Crippen LogP contribution in [-0.2, 0) is 10.4 Å². The first kappa shape index (κ1) is 17.7. The number of rotatable bonds is 3. The maximum atomic E-state index is 10.8. The minimum absolute atomic E-state index is 0.190. The second-order valence-corrected chi connectivity index (χ2v) is 5.80. The number of aliphatic carboxylic acids is 1. The Hall–Kier alpha value is -1.39. The Kier molecular flexibility index (Phi) is 6.37. The zero-order valence-corrected chi connectivity index (χ0v) is 13.4. The van der Waals surface area contributed by atoms with Crippen molar-refractivity contribution in [1.82, 2.24) is 4.90 Å². The van der Waals surface area contributed by atoms with Crippen molar-refractivity contribution in [3.63, 3.8) is 0 Å². The summed E-state index contributed by atoms with van der Waals surface area (Å²) in [5.74, 6) is -0.745.